The predicted octanol–water partition coefficient (Wildman–Crippen LogP) is 3.61. The molecule has 1 aromatic heterocycles. The van der Waals surface area contributed by atoms with E-state index >= 15 is 0 Å². The van der Waals surface area contributed by atoms with Gasteiger partial charge in [-0.2, -0.15) is 5.10 Å². The maximum absolute atomic E-state index is 12.6. The van der Waals surface area contributed by atoms with Crippen molar-refractivity contribution in [2.24, 2.45) is 0 Å². The molecular formula is C20H18N4O4. The lowest BCUT2D eigenvalue weighted by Crippen LogP contribution is -2.21. The van der Waals surface area contributed by atoms with E-state index in [9.17, 15) is 14.9 Å². The van der Waals surface area contributed by atoms with Gasteiger partial charge in [0.15, 0.2) is 0 Å². The van der Waals surface area contributed by atoms with Gasteiger partial charge in [0.25, 0.3) is 5.69 Å². The zero-order chi connectivity index (χ0) is 19.8. The molecular weight excluding hydrogens is 360 g/mol. The fourth-order valence-electron chi connectivity index (χ4n) is 3.35. The molecule has 0 saturated carbocycles. The Morgan fingerprint density at radius 3 is 2.93 bits per heavy atom. The van der Waals surface area contributed by atoms with Crippen LogP contribution in [-0.4, -0.2) is 20.6 Å². The van der Waals surface area contributed by atoms with Crippen LogP contribution < -0.4 is 10.1 Å². The molecule has 8 heteroatoms. The van der Waals surface area contributed by atoms with Crippen molar-refractivity contribution < 1.29 is 14.5 Å². The third kappa shape index (κ3) is 3.09. The highest BCUT2D eigenvalue weighted by Crippen LogP contribution is 2.38. The Bertz CT molecular complexity index is 1100. The number of amides is 1. The molecule has 2 aromatic carbocycles. The molecule has 0 saturated heterocycles. The van der Waals surface area contributed by atoms with Crippen LogP contribution in [0.15, 0.2) is 42.6 Å². The number of ether oxygens (including phenoxy) is 1. The molecule has 1 N–H and O–H groups in total. The van der Waals surface area contributed by atoms with Crippen molar-refractivity contribution in [1.29, 1.82) is 0 Å². The molecule has 1 aliphatic heterocycles. The van der Waals surface area contributed by atoms with Crippen molar-refractivity contribution >= 4 is 17.3 Å². The minimum atomic E-state index is -0.464. The highest BCUT2D eigenvalue weighted by molar-refractivity contribution is 5.92. The van der Waals surface area contributed by atoms with Gasteiger partial charge in [0, 0.05) is 17.2 Å². The largest absolute Gasteiger partial charge is 0.488 e. The quantitative estimate of drug-likeness (QED) is 0.552. The first-order chi connectivity index (χ1) is 13.4. The van der Waals surface area contributed by atoms with Crippen LogP contribution in [0.2, 0.25) is 0 Å². The minimum Gasteiger partial charge on any atom is -0.488 e. The fourth-order valence-corrected chi connectivity index (χ4v) is 3.35. The Balaban J connectivity index is 1.61. The lowest BCUT2D eigenvalue weighted by atomic mass is 10.0. The van der Waals surface area contributed by atoms with Gasteiger partial charge in [-0.15, -0.1) is 0 Å². The van der Waals surface area contributed by atoms with Crippen molar-refractivity contribution in [3.8, 4) is 17.0 Å². The summed E-state index contributed by atoms with van der Waals surface area (Å²) < 4.78 is 7.39. The molecule has 0 unspecified atom stereocenters. The molecule has 1 aliphatic rings. The van der Waals surface area contributed by atoms with Crippen molar-refractivity contribution in [2.45, 2.75) is 27.0 Å². The number of nitrogens with zero attached hydrogens (tertiary/aromatic N) is 3. The molecule has 142 valence electrons. The van der Waals surface area contributed by atoms with Gasteiger partial charge in [-0.3, -0.25) is 19.6 Å². The fraction of sp³-hybridized carbons (Fsp3) is 0.200. The molecule has 0 atom stereocenters. The van der Waals surface area contributed by atoms with E-state index in [1.165, 1.54) is 6.07 Å². The molecule has 4 rings (SSSR count). The molecule has 0 radical (unpaired) electrons. The van der Waals surface area contributed by atoms with E-state index in [2.05, 4.69) is 10.4 Å². The molecule has 2 heterocycles. The molecule has 3 aromatic rings. The number of fused-ring (bicyclic) bond motifs is 3. The second-order valence-corrected chi connectivity index (χ2v) is 6.72. The van der Waals surface area contributed by atoms with E-state index < -0.39 is 4.92 Å². The number of nitro benzene ring substituents is 1. The Kier molecular flexibility index (Phi) is 4.31. The van der Waals surface area contributed by atoms with Crippen LogP contribution in [0.1, 0.15) is 16.7 Å². The lowest BCUT2D eigenvalue weighted by Gasteiger charge is -2.20. The second kappa shape index (κ2) is 6.80. The number of nitrogens with one attached hydrogen (secondary N) is 1. The second-order valence-electron chi connectivity index (χ2n) is 6.72. The molecule has 0 bridgehead atoms. The Labute approximate surface area is 160 Å². The number of nitro groups is 1. The highest BCUT2D eigenvalue weighted by atomic mass is 16.6. The van der Waals surface area contributed by atoms with E-state index in [4.69, 9.17) is 4.74 Å². The van der Waals surface area contributed by atoms with Gasteiger partial charge in [-0.1, -0.05) is 17.7 Å². The van der Waals surface area contributed by atoms with Gasteiger partial charge >= 0.3 is 0 Å². The highest BCUT2D eigenvalue weighted by Gasteiger charge is 2.23. The van der Waals surface area contributed by atoms with E-state index in [0.29, 0.717) is 17.9 Å². The first kappa shape index (κ1) is 17.7. The summed E-state index contributed by atoms with van der Waals surface area (Å²) in [6, 6.07) is 10.5. The lowest BCUT2D eigenvalue weighted by molar-refractivity contribution is -0.385. The van der Waals surface area contributed by atoms with Gasteiger partial charge in [0.2, 0.25) is 5.91 Å². The van der Waals surface area contributed by atoms with Crippen LogP contribution in [0, 0.1) is 24.0 Å². The van der Waals surface area contributed by atoms with Crippen molar-refractivity contribution in [2.75, 3.05) is 5.32 Å². The van der Waals surface area contributed by atoms with Crippen molar-refractivity contribution in [1.82, 2.24) is 9.78 Å². The van der Waals surface area contributed by atoms with E-state index in [-0.39, 0.29) is 18.1 Å². The Morgan fingerprint density at radius 1 is 1.32 bits per heavy atom. The summed E-state index contributed by atoms with van der Waals surface area (Å²) in [5, 5.41) is 18.2. The van der Waals surface area contributed by atoms with E-state index in [1.54, 1.807) is 29.9 Å². The maximum atomic E-state index is 12.6. The van der Waals surface area contributed by atoms with Crippen LogP contribution in [0.3, 0.4) is 0 Å². The first-order valence-electron chi connectivity index (χ1n) is 8.76. The van der Waals surface area contributed by atoms with Crippen LogP contribution >= 0.6 is 0 Å². The van der Waals surface area contributed by atoms with Crippen molar-refractivity contribution in [3.63, 3.8) is 0 Å². The Hall–Kier alpha value is -3.68. The summed E-state index contributed by atoms with van der Waals surface area (Å²) in [4.78, 5) is 23.2. The number of benzene rings is 2. The van der Waals surface area contributed by atoms with Gasteiger partial charge in [-0.25, -0.2) is 0 Å². The van der Waals surface area contributed by atoms with Gasteiger partial charge in [-0.05, 0) is 32.0 Å². The number of carbonyl (C=O) groups excluding carboxylic acids is 1. The predicted molar refractivity (Wildman–Crippen MR) is 103 cm³/mol. The maximum Gasteiger partial charge on any atom is 0.274 e. The number of anilines is 1. The number of aromatic nitrogens is 2. The standard InChI is InChI=1S/C20H18N4O4/c1-12-6-7-18-15(8-12)20-14(11-28-18)9-21-23(20)10-19(25)22-16-4-3-5-17(13(16)2)24(26)27/h3-9H,10-11H2,1-2H3,(H,22,25). The van der Waals surface area contributed by atoms with Crippen molar-refractivity contribution in [3.05, 3.63) is 69.4 Å². The van der Waals surface area contributed by atoms with Gasteiger partial charge < -0.3 is 10.1 Å². The van der Waals surface area contributed by atoms with E-state index in [1.807, 2.05) is 25.1 Å². The molecule has 0 aliphatic carbocycles. The molecule has 8 nitrogen and oxygen atoms in total. The topological polar surface area (TPSA) is 99.3 Å². The number of hydrogen-bond acceptors (Lipinski definition) is 5. The average molecular weight is 378 g/mol. The number of aryl methyl sites for hydroxylation is 1. The minimum absolute atomic E-state index is 0.00908. The monoisotopic (exact) mass is 378 g/mol. The summed E-state index contributed by atoms with van der Waals surface area (Å²) in [7, 11) is 0. The third-order valence-corrected chi connectivity index (χ3v) is 4.76. The molecule has 1 amide bonds. The summed E-state index contributed by atoms with van der Waals surface area (Å²) >= 11 is 0. The number of carbonyl (C=O) groups is 1. The normalized spacial score (nSPS) is 11.9. The Morgan fingerprint density at radius 2 is 2.14 bits per heavy atom. The average Bonchev–Trinajstić information content (AvgIpc) is 3.06. The molecule has 0 spiro atoms. The molecule has 28 heavy (non-hydrogen) atoms. The zero-order valence-corrected chi connectivity index (χ0v) is 15.4. The summed E-state index contributed by atoms with van der Waals surface area (Å²) in [5.74, 6) is 0.449. The van der Waals surface area contributed by atoms with E-state index in [0.717, 1.165) is 28.1 Å². The summed E-state index contributed by atoms with van der Waals surface area (Å²) in [6.07, 6.45) is 1.70. The zero-order valence-electron chi connectivity index (χ0n) is 15.4. The number of rotatable bonds is 4. The van der Waals surface area contributed by atoms with Crippen LogP contribution in [0.5, 0.6) is 5.75 Å². The smallest absolute Gasteiger partial charge is 0.274 e. The first-order valence-corrected chi connectivity index (χ1v) is 8.76. The van der Waals surface area contributed by atoms with Gasteiger partial charge in [0.05, 0.1) is 28.1 Å². The summed E-state index contributed by atoms with van der Waals surface area (Å²) in [6.45, 7) is 3.99. The summed E-state index contributed by atoms with van der Waals surface area (Å²) in [5.41, 5.74) is 4.55. The molecule has 0 fully saturated rings. The number of hydrogen-bond donors (Lipinski definition) is 1. The third-order valence-electron chi connectivity index (χ3n) is 4.76. The van der Waals surface area contributed by atoms with Crippen LogP contribution in [0.4, 0.5) is 11.4 Å². The van der Waals surface area contributed by atoms with Gasteiger partial charge in [0.1, 0.15) is 18.9 Å². The SMILES string of the molecule is Cc1ccc2c(c1)-c1c(cnn1CC(=O)Nc1cccc([N+](=O)[O-])c1C)CO2. The van der Waals surface area contributed by atoms with Crippen LogP contribution in [0.25, 0.3) is 11.3 Å². The van der Waals surface area contributed by atoms with Crippen LogP contribution in [-0.2, 0) is 17.9 Å².